The Labute approximate surface area is 115 Å². The fraction of sp³-hybridized carbons (Fsp3) is 0.786. The normalized spacial score (nSPS) is 17.1. The Balaban J connectivity index is 2.05. The van der Waals surface area contributed by atoms with Crippen molar-refractivity contribution in [2.45, 2.75) is 58.5 Å². The molecule has 1 N–H and O–H groups in total. The van der Waals surface area contributed by atoms with Crippen LogP contribution in [0.3, 0.4) is 0 Å². The van der Waals surface area contributed by atoms with Gasteiger partial charge < -0.3 is 5.32 Å². The summed E-state index contributed by atoms with van der Waals surface area (Å²) in [6.07, 6.45) is 5.87. The topological polar surface area (TPSA) is 29.9 Å². The average Bonchev–Trinajstić information content (AvgIpc) is 3.17. The Kier molecular flexibility index (Phi) is 4.68. The van der Waals surface area contributed by atoms with E-state index in [1.54, 1.807) is 0 Å². The lowest BCUT2D eigenvalue weighted by atomic mass is 10.0. The molecule has 102 valence electrons. The maximum Gasteiger partial charge on any atom is 0.0849 e. The summed E-state index contributed by atoms with van der Waals surface area (Å²) in [5, 5.41) is 8.91. The highest BCUT2D eigenvalue weighted by molar-refractivity contribution is 6.31. The minimum Gasteiger partial charge on any atom is -0.317 e. The van der Waals surface area contributed by atoms with E-state index in [2.05, 4.69) is 36.0 Å². The van der Waals surface area contributed by atoms with Crippen LogP contribution < -0.4 is 5.32 Å². The molecular formula is C14H24ClN3. The second-order valence-electron chi connectivity index (χ2n) is 5.15. The van der Waals surface area contributed by atoms with E-state index in [-0.39, 0.29) is 0 Å². The maximum absolute atomic E-state index is 6.43. The number of aromatic nitrogens is 2. The number of hydrogen-bond acceptors (Lipinski definition) is 2. The first-order chi connectivity index (χ1) is 8.71. The zero-order valence-electron chi connectivity index (χ0n) is 11.7. The van der Waals surface area contributed by atoms with Crippen molar-refractivity contribution in [3.05, 3.63) is 16.4 Å². The lowest BCUT2D eigenvalue weighted by Gasteiger charge is -2.15. The van der Waals surface area contributed by atoms with Crippen LogP contribution >= 0.6 is 11.6 Å². The monoisotopic (exact) mass is 269 g/mol. The molecule has 0 spiro atoms. The Hall–Kier alpha value is -0.540. The van der Waals surface area contributed by atoms with Crippen LogP contribution in [-0.4, -0.2) is 22.9 Å². The van der Waals surface area contributed by atoms with Crippen molar-refractivity contribution < 1.29 is 0 Å². The summed E-state index contributed by atoms with van der Waals surface area (Å²) < 4.78 is 2.07. The third-order valence-electron chi connectivity index (χ3n) is 3.95. The van der Waals surface area contributed by atoms with E-state index in [0.717, 1.165) is 42.4 Å². The zero-order valence-corrected chi connectivity index (χ0v) is 12.4. The first-order valence-corrected chi connectivity index (χ1v) is 7.50. The van der Waals surface area contributed by atoms with Crippen LogP contribution in [0.2, 0.25) is 5.02 Å². The maximum atomic E-state index is 6.43. The minimum atomic E-state index is 0.645. The summed E-state index contributed by atoms with van der Waals surface area (Å²) in [4.78, 5) is 0. The number of nitrogens with one attached hydrogen (secondary N) is 1. The van der Waals surface area contributed by atoms with Gasteiger partial charge in [-0.05, 0) is 52.0 Å². The van der Waals surface area contributed by atoms with Crippen molar-refractivity contribution in [1.82, 2.24) is 15.1 Å². The molecule has 1 aliphatic rings. The van der Waals surface area contributed by atoms with Crippen LogP contribution in [0.1, 0.15) is 44.5 Å². The third kappa shape index (κ3) is 2.89. The zero-order chi connectivity index (χ0) is 13.1. The minimum absolute atomic E-state index is 0.645. The number of rotatable bonds is 7. The molecule has 0 saturated heterocycles. The van der Waals surface area contributed by atoms with Crippen LogP contribution in [-0.2, 0) is 19.4 Å². The van der Waals surface area contributed by atoms with Gasteiger partial charge in [0.1, 0.15) is 0 Å². The first kappa shape index (κ1) is 13.9. The van der Waals surface area contributed by atoms with Gasteiger partial charge in [-0.2, -0.15) is 5.10 Å². The molecule has 1 atom stereocenters. The largest absolute Gasteiger partial charge is 0.317 e. The van der Waals surface area contributed by atoms with Crippen molar-refractivity contribution in [3.63, 3.8) is 0 Å². The predicted molar refractivity (Wildman–Crippen MR) is 76.2 cm³/mol. The Morgan fingerprint density at radius 2 is 2.17 bits per heavy atom. The molecule has 1 aromatic heterocycles. The number of hydrogen-bond donors (Lipinski definition) is 1. The van der Waals surface area contributed by atoms with Gasteiger partial charge in [0.05, 0.1) is 16.4 Å². The van der Waals surface area contributed by atoms with E-state index in [1.165, 1.54) is 18.5 Å². The molecule has 1 aromatic rings. The summed E-state index contributed by atoms with van der Waals surface area (Å²) in [6.45, 7) is 5.14. The number of nitrogens with zero attached hydrogens (tertiary/aromatic N) is 2. The van der Waals surface area contributed by atoms with Crippen LogP contribution in [0.4, 0.5) is 0 Å². The third-order valence-corrected chi connectivity index (χ3v) is 4.38. The molecule has 0 radical (unpaired) electrons. The molecule has 1 aliphatic carbocycles. The summed E-state index contributed by atoms with van der Waals surface area (Å²) in [5.41, 5.74) is 2.26. The van der Waals surface area contributed by atoms with E-state index in [0.29, 0.717) is 6.04 Å². The highest BCUT2D eigenvalue weighted by Crippen LogP contribution is 2.35. The molecular weight excluding hydrogens is 246 g/mol. The summed E-state index contributed by atoms with van der Waals surface area (Å²) in [6, 6.07) is 0.645. The predicted octanol–water partition coefficient (Wildman–Crippen LogP) is 3.05. The van der Waals surface area contributed by atoms with Crippen LogP contribution in [0.15, 0.2) is 0 Å². The molecule has 0 aromatic carbocycles. The standard InChI is InChI=1S/C14H24ClN3/c1-4-11-14(15)13(18(5-2)17-11)9-8-12(16-3)10-6-7-10/h10,12,16H,4-9H2,1-3H3. The van der Waals surface area contributed by atoms with Gasteiger partial charge >= 0.3 is 0 Å². The molecule has 1 fully saturated rings. The molecule has 1 unspecified atom stereocenters. The fourth-order valence-electron chi connectivity index (χ4n) is 2.66. The first-order valence-electron chi connectivity index (χ1n) is 7.12. The van der Waals surface area contributed by atoms with Crippen molar-refractivity contribution >= 4 is 11.6 Å². The van der Waals surface area contributed by atoms with Gasteiger partial charge in [0.25, 0.3) is 0 Å². The van der Waals surface area contributed by atoms with Gasteiger partial charge in [-0.15, -0.1) is 0 Å². The quantitative estimate of drug-likeness (QED) is 0.825. The van der Waals surface area contributed by atoms with Gasteiger partial charge in [0.2, 0.25) is 0 Å². The molecule has 0 bridgehead atoms. The van der Waals surface area contributed by atoms with E-state index in [4.69, 9.17) is 11.6 Å². The Morgan fingerprint density at radius 3 is 2.67 bits per heavy atom. The lowest BCUT2D eigenvalue weighted by Crippen LogP contribution is -2.28. The second-order valence-corrected chi connectivity index (χ2v) is 5.53. The number of halogens is 1. The number of aryl methyl sites for hydroxylation is 2. The summed E-state index contributed by atoms with van der Waals surface area (Å²) in [5.74, 6) is 0.886. The van der Waals surface area contributed by atoms with Crippen LogP contribution in [0.25, 0.3) is 0 Å². The SMILES string of the molecule is CCc1nn(CC)c(CCC(NC)C2CC2)c1Cl. The molecule has 0 amide bonds. The molecule has 4 heteroatoms. The summed E-state index contributed by atoms with van der Waals surface area (Å²) >= 11 is 6.43. The van der Waals surface area contributed by atoms with E-state index >= 15 is 0 Å². The highest BCUT2D eigenvalue weighted by Gasteiger charge is 2.30. The van der Waals surface area contributed by atoms with E-state index in [1.807, 2.05) is 0 Å². The average molecular weight is 270 g/mol. The van der Waals surface area contributed by atoms with Crippen molar-refractivity contribution in [3.8, 4) is 0 Å². The highest BCUT2D eigenvalue weighted by atomic mass is 35.5. The van der Waals surface area contributed by atoms with Gasteiger partial charge in [-0.3, -0.25) is 4.68 Å². The molecule has 2 rings (SSSR count). The van der Waals surface area contributed by atoms with Gasteiger partial charge in [-0.25, -0.2) is 0 Å². The fourth-order valence-corrected chi connectivity index (χ4v) is 3.03. The molecule has 18 heavy (non-hydrogen) atoms. The van der Waals surface area contributed by atoms with Crippen LogP contribution in [0, 0.1) is 5.92 Å². The van der Waals surface area contributed by atoms with Crippen molar-refractivity contribution in [2.75, 3.05) is 7.05 Å². The van der Waals surface area contributed by atoms with Crippen LogP contribution in [0.5, 0.6) is 0 Å². The van der Waals surface area contributed by atoms with Gasteiger partial charge in [0, 0.05) is 12.6 Å². The molecule has 3 nitrogen and oxygen atoms in total. The molecule has 1 heterocycles. The van der Waals surface area contributed by atoms with Crippen molar-refractivity contribution in [2.24, 2.45) is 5.92 Å². The smallest absolute Gasteiger partial charge is 0.0849 e. The van der Waals surface area contributed by atoms with E-state index in [9.17, 15) is 0 Å². The second kappa shape index (κ2) is 6.07. The van der Waals surface area contributed by atoms with E-state index < -0.39 is 0 Å². The van der Waals surface area contributed by atoms with Gasteiger partial charge in [0.15, 0.2) is 0 Å². The molecule has 0 aliphatic heterocycles. The summed E-state index contributed by atoms with van der Waals surface area (Å²) in [7, 11) is 2.07. The Bertz CT molecular complexity index is 396. The lowest BCUT2D eigenvalue weighted by molar-refractivity contribution is 0.461. The molecule has 1 saturated carbocycles. The Morgan fingerprint density at radius 1 is 1.44 bits per heavy atom. The van der Waals surface area contributed by atoms with Crippen molar-refractivity contribution in [1.29, 1.82) is 0 Å². The van der Waals surface area contributed by atoms with Gasteiger partial charge in [-0.1, -0.05) is 18.5 Å².